The van der Waals surface area contributed by atoms with Gasteiger partial charge in [-0.25, -0.2) is 53.6 Å². The van der Waals surface area contributed by atoms with Gasteiger partial charge in [-0.1, -0.05) is 94.9 Å². The van der Waals surface area contributed by atoms with Crippen molar-refractivity contribution in [2.24, 2.45) is 20.0 Å². The third-order valence-corrected chi connectivity index (χ3v) is 18.0. The molecule has 9 rings (SSSR count). The Morgan fingerprint density at radius 2 is 0.750 bits per heavy atom. The van der Waals surface area contributed by atoms with Crippen LogP contribution >= 0.6 is 89.1 Å². The van der Waals surface area contributed by atoms with Gasteiger partial charge in [-0.15, -0.1) is 0 Å². The molecule has 4 aromatic carbocycles. The van der Waals surface area contributed by atoms with Crippen LogP contribution in [0.4, 0.5) is 0 Å². The molecule has 344 valence electrons. The molecule has 24 heteroatoms. The molecule has 0 N–H and O–H groups in total. The number of hydrogen-bond acceptors (Lipinski definition) is 12. The van der Waals surface area contributed by atoms with Crippen LogP contribution in [-0.2, 0) is 36.2 Å². The molecule has 4 aromatic rings. The fraction of sp³-hybridized carbons (Fsp3) is 0. The van der Waals surface area contributed by atoms with Crippen molar-refractivity contribution in [2.45, 2.75) is 19.6 Å². The van der Waals surface area contributed by atoms with E-state index in [2.05, 4.69) is 0 Å². The average molecular weight is 1140 g/mol. The molecule has 5 heterocycles. The van der Waals surface area contributed by atoms with E-state index in [9.17, 15) is 33.7 Å². The molecule has 0 atom stereocenters. The van der Waals surface area contributed by atoms with Crippen LogP contribution in [0.15, 0.2) is 184 Å². The van der Waals surface area contributed by atoms with Gasteiger partial charge in [-0.05, 0) is 72.9 Å². The van der Waals surface area contributed by atoms with Gasteiger partial charge in [-0.2, -0.15) is 0 Å². The zero-order chi connectivity index (χ0) is 48.8. The summed E-state index contributed by atoms with van der Waals surface area (Å²) in [6.07, 6.45) is 13.2. The summed E-state index contributed by atoms with van der Waals surface area (Å²) in [6, 6.07) is 15.9. The molecule has 0 saturated heterocycles. The third-order valence-electron chi connectivity index (χ3n) is 10.5. The van der Waals surface area contributed by atoms with Crippen LogP contribution in [0.2, 0.25) is 20.1 Å². The smallest absolute Gasteiger partial charge is 0.249 e. The zero-order valence-electron chi connectivity index (χ0n) is 33.3. The first-order chi connectivity index (χ1) is 31.9. The molecule has 5 aliphatic heterocycles. The van der Waals surface area contributed by atoms with Crippen molar-refractivity contribution in [1.29, 1.82) is 0 Å². The van der Waals surface area contributed by atoms with Crippen LogP contribution in [0, 0.1) is 0 Å². The molecule has 68 heavy (non-hydrogen) atoms. The summed E-state index contributed by atoms with van der Waals surface area (Å²) in [5.41, 5.74) is 1.43. The number of nitrogens with zero attached hydrogens (tertiary/aromatic N) is 4. The Bertz CT molecular complexity index is 3940. The molecule has 0 radical (unpaired) electrons. The van der Waals surface area contributed by atoms with Gasteiger partial charge >= 0.3 is 0 Å². The van der Waals surface area contributed by atoms with Gasteiger partial charge in [0.1, 0.15) is 19.6 Å². The topological polar surface area (TPSA) is 186 Å². The molecule has 0 fully saturated rings. The fourth-order valence-electron chi connectivity index (χ4n) is 7.71. The van der Waals surface area contributed by atoms with Crippen molar-refractivity contribution in [3.05, 3.63) is 187 Å². The Balaban J connectivity index is 1.55. The molecular weight excluding hydrogens is 1120 g/mol. The van der Waals surface area contributed by atoms with Crippen LogP contribution in [0.5, 0.6) is 0 Å². The summed E-state index contributed by atoms with van der Waals surface area (Å²) in [4.78, 5) is 17.6. The number of aliphatic imine (C=N–C) groups is 4. The normalized spacial score (nSPS) is 17.2. The first-order valence-corrected chi connectivity index (χ1v) is 29.7. The number of fused-ring (bicyclic) bond motifs is 4. The molecule has 0 aromatic heterocycles. The number of allylic oxidation sites excluding steroid dienone is 12. The second-order valence-corrected chi connectivity index (χ2v) is 26.3. The summed E-state index contributed by atoms with van der Waals surface area (Å²) in [5, 5.41) is -1.63. The third kappa shape index (κ3) is 9.11. The average Bonchev–Trinajstić information content (AvgIpc) is 4.05. The van der Waals surface area contributed by atoms with Crippen LogP contribution in [0.25, 0.3) is 22.3 Å². The van der Waals surface area contributed by atoms with E-state index in [1.807, 2.05) is 0 Å². The van der Waals surface area contributed by atoms with Crippen LogP contribution < -0.4 is 0 Å². The second-order valence-electron chi connectivity index (χ2n) is 14.7. The minimum absolute atomic E-state index is 0.00424. The number of halogens is 8. The van der Waals surface area contributed by atoms with Crippen molar-refractivity contribution in [3.8, 4) is 0 Å². The molecule has 5 aliphatic rings. The number of rotatable bonds is 8. The number of hydrogen-bond donors (Lipinski definition) is 0. The lowest BCUT2D eigenvalue weighted by molar-refractivity contribution is 0.608. The molecule has 0 unspecified atom stereocenters. The van der Waals surface area contributed by atoms with Gasteiger partial charge < -0.3 is 0 Å². The summed E-state index contributed by atoms with van der Waals surface area (Å²) in [7, 11) is 5.53. The highest BCUT2D eigenvalue weighted by Crippen LogP contribution is 2.52. The van der Waals surface area contributed by atoms with Crippen molar-refractivity contribution >= 4 is 170 Å². The molecule has 0 saturated carbocycles. The van der Waals surface area contributed by atoms with Gasteiger partial charge in [-0.3, -0.25) is 0 Å². The fourth-order valence-corrected chi connectivity index (χ4v) is 14.1. The van der Waals surface area contributed by atoms with Crippen LogP contribution in [-0.4, -0.2) is 56.5 Å². The van der Waals surface area contributed by atoms with E-state index >= 15 is 0 Å². The lowest BCUT2D eigenvalue weighted by atomic mass is 9.85. The Morgan fingerprint density at radius 1 is 0.368 bits per heavy atom. The highest BCUT2D eigenvalue weighted by atomic mass is 35.7. The molecule has 0 aliphatic carbocycles. The molecule has 0 amide bonds. The minimum Gasteiger partial charge on any atom is -0.249 e. The highest BCUT2D eigenvalue weighted by molar-refractivity contribution is 8.14. The van der Waals surface area contributed by atoms with Gasteiger partial charge in [0.05, 0.1) is 65.7 Å². The maximum Gasteiger partial charge on any atom is 0.262 e. The van der Waals surface area contributed by atoms with E-state index in [-0.39, 0.29) is 72.4 Å². The van der Waals surface area contributed by atoms with E-state index in [1.165, 1.54) is 66.7 Å². The van der Waals surface area contributed by atoms with Crippen molar-refractivity contribution in [3.63, 3.8) is 0 Å². The highest BCUT2D eigenvalue weighted by Gasteiger charge is 2.38. The van der Waals surface area contributed by atoms with E-state index in [4.69, 9.17) is 109 Å². The van der Waals surface area contributed by atoms with Crippen LogP contribution in [0.1, 0.15) is 22.3 Å². The van der Waals surface area contributed by atoms with Gasteiger partial charge in [0.15, 0.2) is 0 Å². The van der Waals surface area contributed by atoms with Crippen molar-refractivity contribution in [1.82, 2.24) is 0 Å². The first kappa shape index (κ1) is 48.6. The van der Waals surface area contributed by atoms with Gasteiger partial charge in [0, 0.05) is 87.3 Å². The van der Waals surface area contributed by atoms with E-state index in [0.29, 0.717) is 22.8 Å². The predicted molar refractivity (Wildman–Crippen MR) is 272 cm³/mol. The molecule has 0 spiro atoms. The molecule has 8 bridgehead atoms. The van der Waals surface area contributed by atoms with E-state index < -0.39 is 70.9 Å². The standard InChI is InChI=1S/C44H20Cl8N4O8S4/c45-39-26(5-1-9-32(39)65(49,57)58)30-19-25-18-23-14-13-21(53-23)17-22-15-16-24(54-22)20-31-36(27-6-2-10-33(40(27)46)66(50,59)60)37(28-7-3-11-34(41(28)47)67(51,61)62)44(56-31)38(43(30)55-25)29-8-4-12-35(42(29)48)68(52,63)64/h1-20H. The predicted octanol–water partition coefficient (Wildman–Crippen LogP) is 12.0. The Labute approximate surface area is 426 Å². The SMILES string of the molecule is O=S(=O)(Cl)c1cccc(C2=CC3=CC4=NC(=CC5=NC(=CC6=NC(=C(c7cccc(S(=O)(=O)Cl)c7Cl)C2=N3)C(c2cccc(S(=O)(=O)Cl)c2Cl)=C6c2cccc(S(=O)(=O)Cl)c2Cl)C=C5)C=C4)c1Cl. The summed E-state index contributed by atoms with van der Waals surface area (Å²) < 4.78 is 104. The molecule has 12 nitrogen and oxygen atoms in total. The maximum absolute atomic E-state index is 13.2. The second kappa shape index (κ2) is 17.8. The lowest BCUT2D eigenvalue weighted by Gasteiger charge is -2.20. The summed E-state index contributed by atoms with van der Waals surface area (Å²) >= 11 is 28.1. The van der Waals surface area contributed by atoms with Gasteiger partial charge in [0.25, 0.3) is 36.2 Å². The lowest BCUT2D eigenvalue weighted by Crippen LogP contribution is -2.10. The Hall–Kier alpha value is -4.40. The number of benzene rings is 4. The van der Waals surface area contributed by atoms with Gasteiger partial charge in [0.2, 0.25) is 0 Å². The first-order valence-electron chi connectivity index (χ1n) is 18.9. The monoisotopic (exact) mass is 1140 g/mol. The quantitative estimate of drug-likeness (QED) is 0.156. The Kier molecular flexibility index (Phi) is 12.7. The zero-order valence-corrected chi connectivity index (χ0v) is 42.6. The molecular formula is C44H20Cl8N4O8S4. The maximum atomic E-state index is 13.2. The summed E-state index contributed by atoms with van der Waals surface area (Å²) in [5.74, 6) is 0. The Morgan fingerprint density at radius 3 is 1.21 bits per heavy atom. The van der Waals surface area contributed by atoms with Crippen molar-refractivity contribution in [2.75, 3.05) is 0 Å². The van der Waals surface area contributed by atoms with Crippen LogP contribution in [0.3, 0.4) is 0 Å². The van der Waals surface area contributed by atoms with E-state index in [0.717, 1.165) is 12.1 Å². The summed E-state index contributed by atoms with van der Waals surface area (Å²) in [6.45, 7) is 0. The minimum atomic E-state index is -4.61. The van der Waals surface area contributed by atoms with Crippen molar-refractivity contribution < 1.29 is 33.7 Å². The van der Waals surface area contributed by atoms with E-state index in [1.54, 1.807) is 42.5 Å². The largest absolute Gasteiger partial charge is 0.262 e.